The van der Waals surface area contributed by atoms with Crippen molar-refractivity contribution in [2.75, 3.05) is 25.0 Å². The zero-order chi connectivity index (χ0) is 13.7. The summed E-state index contributed by atoms with van der Waals surface area (Å²) in [5.41, 5.74) is 1.03. The summed E-state index contributed by atoms with van der Waals surface area (Å²) in [7, 11) is 0. The van der Waals surface area contributed by atoms with Crippen LogP contribution in [0.15, 0.2) is 24.3 Å². The molecular formula is C15H19Cl3O. The van der Waals surface area contributed by atoms with E-state index < -0.39 is 0 Å². The van der Waals surface area contributed by atoms with Crippen LogP contribution < -0.4 is 0 Å². The van der Waals surface area contributed by atoms with E-state index in [4.69, 9.17) is 39.5 Å². The zero-order valence-corrected chi connectivity index (χ0v) is 13.1. The number of hydrogen-bond donors (Lipinski definition) is 0. The second-order valence-electron chi connectivity index (χ2n) is 5.31. The van der Waals surface area contributed by atoms with Gasteiger partial charge in [-0.3, -0.25) is 0 Å². The first kappa shape index (κ1) is 15.4. The quantitative estimate of drug-likeness (QED) is 0.703. The van der Waals surface area contributed by atoms with Crippen molar-refractivity contribution < 1.29 is 4.74 Å². The van der Waals surface area contributed by atoms with Gasteiger partial charge in [0, 0.05) is 35.4 Å². The molecular weight excluding hydrogens is 303 g/mol. The highest BCUT2D eigenvalue weighted by Crippen LogP contribution is 2.37. The molecule has 19 heavy (non-hydrogen) atoms. The van der Waals surface area contributed by atoms with E-state index in [1.165, 1.54) is 5.56 Å². The molecule has 0 radical (unpaired) electrons. The SMILES string of the molecule is ClCC(CCl)(CC1CCOCC1)c1ccc(Cl)cc1. The molecule has 106 valence electrons. The first-order valence-electron chi connectivity index (χ1n) is 6.66. The van der Waals surface area contributed by atoms with Crippen molar-refractivity contribution in [3.63, 3.8) is 0 Å². The minimum atomic E-state index is -0.157. The van der Waals surface area contributed by atoms with E-state index in [-0.39, 0.29) is 5.41 Å². The van der Waals surface area contributed by atoms with Gasteiger partial charge in [0.05, 0.1) is 0 Å². The molecule has 0 bridgehead atoms. The van der Waals surface area contributed by atoms with Crippen LogP contribution in [0.1, 0.15) is 24.8 Å². The van der Waals surface area contributed by atoms with E-state index in [9.17, 15) is 0 Å². The van der Waals surface area contributed by atoms with E-state index in [1.807, 2.05) is 24.3 Å². The summed E-state index contributed by atoms with van der Waals surface area (Å²) >= 11 is 18.5. The van der Waals surface area contributed by atoms with Gasteiger partial charge in [0.25, 0.3) is 0 Å². The van der Waals surface area contributed by atoms with Gasteiger partial charge in [-0.1, -0.05) is 23.7 Å². The third-order valence-electron chi connectivity index (χ3n) is 3.99. The van der Waals surface area contributed by atoms with Crippen LogP contribution in [-0.2, 0) is 10.2 Å². The van der Waals surface area contributed by atoms with Crippen molar-refractivity contribution in [2.45, 2.75) is 24.7 Å². The number of alkyl halides is 2. The molecule has 1 aliphatic heterocycles. The fourth-order valence-corrected chi connectivity index (χ4v) is 3.66. The molecule has 2 rings (SSSR count). The zero-order valence-electron chi connectivity index (χ0n) is 10.9. The van der Waals surface area contributed by atoms with Crippen LogP contribution >= 0.6 is 34.8 Å². The Kier molecular flexibility index (Phi) is 5.83. The molecule has 0 unspecified atom stereocenters. The summed E-state index contributed by atoms with van der Waals surface area (Å²) in [5, 5.41) is 0.743. The van der Waals surface area contributed by atoms with Gasteiger partial charge < -0.3 is 4.74 Å². The number of benzene rings is 1. The normalized spacial score (nSPS) is 17.6. The maximum absolute atomic E-state index is 6.27. The van der Waals surface area contributed by atoms with Crippen molar-refractivity contribution in [2.24, 2.45) is 5.92 Å². The number of ether oxygens (including phenoxy) is 1. The molecule has 0 aromatic heterocycles. The lowest BCUT2D eigenvalue weighted by Gasteiger charge is -2.35. The highest BCUT2D eigenvalue weighted by atomic mass is 35.5. The minimum absolute atomic E-state index is 0.157. The lowest BCUT2D eigenvalue weighted by atomic mass is 9.75. The molecule has 1 heterocycles. The van der Waals surface area contributed by atoms with Gasteiger partial charge in [-0.2, -0.15) is 0 Å². The molecule has 1 nitrogen and oxygen atoms in total. The molecule has 4 heteroatoms. The van der Waals surface area contributed by atoms with Gasteiger partial charge in [0.1, 0.15) is 0 Å². The van der Waals surface area contributed by atoms with Crippen LogP contribution in [0.3, 0.4) is 0 Å². The molecule has 1 aliphatic rings. The molecule has 1 saturated heterocycles. The molecule has 0 saturated carbocycles. The van der Waals surface area contributed by atoms with Gasteiger partial charge in [-0.15, -0.1) is 23.2 Å². The van der Waals surface area contributed by atoms with E-state index >= 15 is 0 Å². The first-order chi connectivity index (χ1) is 9.20. The highest BCUT2D eigenvalue weighted by Gasteiger charge is 2.34. The second-order valence-corrected chi connectivity index (χ2v) is 6.29. The van der Waals surface area contributed by atoms with Crippen molar-refractivity contribution in [3.8, 4) is 0 Å². The maximum Gasteiger partial charge on any atom is 0.0468 e. The standard InChI is InChI=1S/C15H19Cl3O/c16-10-15(11-17,9-12-5-7-19-8-6-12)13-1-3-14(18)4-2-13/h1-4,12H,5-11H2. The summed E-state index contributed by atoms with van der Waals surface area (Å²) < 4.78 is 5.42. The molecule has 0 N–H and O–H groups in total. The molecule has 0 spiro atoms. The number of hydrogen-bond acceptors (Lipinski definition) is 1. The van der Waals surface area contributed by atoms with Crippen molar-refractivity contribution >= 4 is 34.8 Å². The van der Waals surface area contributed by atoms with E-state index in [0.717, 1.165) is 37.5 Å². The molecule has 0 atom stereocenters. The average molecular weight is 322 g/mol. The average Bonchev–Trinajstić information content (AvgIpc) is 2.47. The van der Waals surface area contributed by atoms with Crippen molar-refractivity contribution in [3.05, 3.63) is 34.9 Å². The fraction of sp³-hybridized carbons (Fsp3) is 0.600. The largest absolute Gasteiger partial charge is 0.381 e. The molecule has 1 aromatic rings. The Labute approximate surface area is 130 Å². The maximum atomic E-state index is 6.27. The molecule has 1 fully saturated rings. The summed E-state index contributed by atoms with van der Waals surface area (Å²) in [6, 6.07) is 7.92. The fourth-order valence-electron chi connectivity index (χ4n) is 2.72. The Morgan fingerprint density at radius 2 is 1.63 bits per heavy atom. The number of halogens is 3. The molecule has 0 aliphatic carbocycles. The lowest BCUT2D eigenvalue weighted by Crippen LogP contribution is -2.35. The molecule has 0 amide bonds. The van der Waals surface area contributed by atoms with Crippen LogP contribution in [0.2, 0.25) is 5.02 Å². The van der Waals surface area contributed by atoms with E-state index in [0.29, 0.717) is 17.7 Å². The van der Waals surface area contributed by atoms with Crippen molar-refractivity contribution in [1.29, 1.82) is 0 Å². The lowest BCUT2D eigenvalue weighted by molar-refractivity contribution is 0.0581. The Morgan fingerprint density at radius 3 is 2.16 bits per heavy atom. The monoisotopic (exact) mass is 320 g/mol. The van der Waals surface area contributed by atoms with E-state index in [1.54, 1.807) is 0 Å². The van der Waals surface area contributed by atoms with Gasteiger partial charge in [-0.05, 0) is 42.9 Å². The first-order valence-corrected chi connectivity index (χ1v) is 8.10. The highest BCUT2D eigenvalue weighted by molar-refractivity contribution is 6.30. The van der Waals surface area contributed by atoms with E-state index in [2.05, 4.69) is 0 Å². The van der Waals surface area contributed by atoms with Gasteiger partial charge >= 0.3 is 0 Å². The summed E-state index contributed by atoms with van der Waals surface area (Å²) in [5.74, 6) is 1.72. The second kappa shape index (κ2) is 7.17. The summed E-state index contributed by atoms with van der Waals surface area (Å²) in [6.07, 6.45) is 3.22. The topological polar surface area (TPSA) is 9.23 Å². The Bertz CT molecular complexity index is 381. The predicted octanol–water partition coefficient (Wildman–Crippen LogP) is 4.87. The third-order valence-corrected chi connectivity index (χ3v) is 5.26. The van der Waals surface area contributed by atoms with Crippen LogP contribution in [0.25, 0.3) is 0 Å². The summed E-state index contributed by atoms with van der Waals surface area (Å²) in [6.45, 7) is 1.71. The van der Waals surface area contributed by atoms with Crippen LogP contribution in [0.4, 0.5) is 0 Å². The smallest absolute Gasteiger partial charge is 0.0468 e. The van der Waals surface area contributed by atoms with Gasteiger partial charge in [0.15, 0.2) is 0 Å². The van der Waals surface area contributed by atoms with Gasteiger partial charge in [0.2, 0.25) is 0 Å². The minimum Gasteiger partial charge on any atom is -0.381 e. The molecule has 1 aromatic carbocycles. The third kappa shape index (κ3) is 3.78. The number of rotatable bonds is 5. The Hall–Kier alpha value is 0.0500. The van der Waals surface area contributed by atoms with Crippen LogP contribution in [0, 0.1) is 5.92 Å². The summed E-state index contributed by atoms with van der Waals surface area (Å²) in [4.78, 5) is 0. The van der Waals surface area contributed by atoms with Gasteiger partial charge in [-0.25, -0.2) is 0 Å². The Balaban J connectivity index is 2.18. The Morgan fingerprint density at radius 1 is 1.05 bits per heavy atom. The van der Waals surface area contributed by atoms with Crippen LogP contribution in [-0.4, -0.2) is 25.0 Å². The van der Waals surface area contributed by atoms with Crippen LogP contribution in [0.5, 0.6) is 0 Å². The van der Waals surface area contributed by atoms with Crippen molar-refractivity contribution in [1.82, 2.24) is 0 Å². The predicted molar refractivity (Wildman–Crippen MR) is 82.7 cm³/mol.